The van der Waals surface area contributed by atoms with Crippen molar-refractivity contribution in [2.24, 2.45) is 0 Å². The lowest BCUT2D eigenvalue weighted by molar-refractivity contribution is 0.660. The summed E-state index contributed by atoms with van der Waals surface area (Å²) in [6.45, 7) is 22.3. The second-order valence-corrected chi connectivity index (χ2v) is 17.3. The van der Waals surface area contributed by atoms with Crippen LogP contribution in [-0.2, 0) is 17.3 Å². The van der Waals surface area contributed by atoms with Gasteiger partial charge in [0.1, 0.15) is 0 Å². The second kappa shape index (κ2) is 16.4. The lowest BCUT2D eigenvalue weighted by atomic mass is 9.69. The zero-order chi connectivity index (χ0) is 42.1. The summed E-state index contributed by atoms with van der Waals surface area (Å²) in [6.07, 6.45) is 30.7. The first-order chi connectivity index (χ1) is 29.8. The van der Waals surface area contributed by atoms with Crippen LogP contribution in [0.1, 0.15) is 96.0 Å². The summed E-state index contributed by atoms with van der Waals surface area (Å²) < 4.78 is 0. The standard InChI is InChI=1S/C60H55N/c1-7-44-35-36-45-37-38-46(40-54(45)50(44)8-2)42(3)22-19-20-39-61(57-32-21-29-53-52-28-16-17-30-55(52)59(5,6)58(53)57)43(4)33-34-47-41-60(48-23-11-9-12-24-48,49-25-13-10-14-26-49)56-31-18-15-27-51(47)56/h7-9,11-13,15-18,20-21,23-36,39-41H,1-4,10,14,19,22,37-38H2,5-6H3/b34-33-,39-20+. The Hall–Kier alpha value is -6.70. The second-order valence-electron chi connectivity index (χ2n) is 17.3. The number of allylic oxidation sites excluding steroid dienone is 11. The van der Waals surface area contributed by atoms with Crippen LogP contribution >= 0.6 is 0 Å². The van der Waals surface area contributed by atoms with Crippen molar-refractivity contribution in [2.75, 3.05) is 4.90 Å². The summed E-state index contributed by atoms with van der Waals surface area (Å²) in [5.41, 5.74) is 20.6. The van der Waals surface area contributed by atoms with E-state index in [-0.39, 0.29) is 10.8 Å². The Morgan fingerprint density at radius 2 is 1.51 bits per heavy atom. The van der Waals surface area contributed by atoms with E-state index >= 15 is 0 Å². The quantitative estimate of drug-likeness (QED) is 0.107. The van der Waals surface area contributed by atoms with Gasteiger partial charge in [-0.25, -0.2) is 0 Å². The SMILES string of the molecule is C=Cc1ccc2c(c1C=C)C=C(C(=C)CC/C=C/N(C(=C)/C=C\C1=CC(C3=CCCC=C3)(c3ccccc3)c3ccccc31)c1cccc3c1C(C)(C)c1ccccc1-3)CC2. The number of rotatable bonds is 13. The first-order valence-corrected chi connectivity index (χ1v) is 21.9. The van der Waals surface area contributed by atoms with Crippen LogP contribution in [0.2, 0.25) is 0 Å². The molecular weight excluding hydrogens is 735 g/mol. The van der Waals surface area contributed by atoms with Crippen LogP contribution in [0, 0.1) is 0 Å². The smallest absolute Gasteiger partial charge is 0.0643 e. The minimum atomic E-state index is -0.370. The summed E-state index contributed by atoms with van der Waals surface area (Å²) in [4.78, 5) is 2.31. The number of hydrogen-bond acceptors (Lipinski definition) is 1. The monoisotopic (exact) mass is 789 g/mol. The van der Waals surface area contributed by atoms with Gasteiger partial charge in [-0.1, -0.05) is 204 Å². The Labute approximate surface area is 363 Å². The van der Waals surface area contributed by atoms with Crippen LogP contribution in [-0.4, -0.2) is 0 Å². The summed E-state index contributed by atoms with van der Waals surface area (Å²) in [6, 6.07) is 39.9. The van der Waals surface area contributed by atoms with Gasteiger partial charge in [-0.15, -0.1) is 0 Å². The highest BCUT2D eigenvalue weighted by atomic mass is 15.1. The van der Waals surface area contributed by atoms with E-state index < -0.39 is 0 Å². The summed E-state index contributed by atoms with van der Waals surface area (Å²) >= 11 is 0. The third-order valence-corrected chi connectivity index (χ3v) is 13.4. The lowest BCUT2D eigenvalue weighted by Gasteiger charge is -2.33. The topological polar surface area (TPSA) is 3.24 Å². The highest BCUT2D eigenvalue weighted by Gasteiger charge is 2.42. The molecule has 0 saturated heterocycles. The van der Waals surface area contributed by atoms with Gasteiger partial charge in [-0.3, -0.25) is 0 Å². The van der Waals surface area contributed by atoms with Crippen molar-refractivity contribution in [1.82, 2.24) is 0 Å². The Morgan fingerprint density at radius 3 is 2.28 bits per heavy atom. The zero-order valence-electron chi connectivity index (χ0n) is 35.8. The van der Waals surface area contributed by atoms with Gasteiger partial charge in [0, 0.05) is 17.3 Å². The molecule has 5 aromatic rings. The van der Waals surface area contributed by atoms with Crippen molar-refractivity contribution in [3.05, 3.63) is 257 Å². The molecule has 0 spiro atoms. The fourth-order valence-electron chi connectivity index (χ4n) is 10.4. The van der Waals surface area contributed by atoms with Crippen LogP contribution in [0.15, 0.2) is 207 Å². The lowest BCUT2D eigenvalue weighted by Crippen LogP contribution is -2.26. The molecule has 0 radical (unpaired) electrons. The highest BCUT2D eigenvalue weighted by molar-refractivity contribution is 5.89. The number of fused-ring (bicyclic) bond motifs is 5. The van der Waals surface area contributed by atoms with Crippen molar-refractivity contribution >= 4 is 29.5 Å². The predicted molar refractivity (Wildman–Crippen MR) is 263 cm³/mol. The Kier molecular flexibility index (Phi) is 10.7. The van der Waals surface area contributed by atoms with Crippen LogP contribution in [0.25, 0.3) is 34.9 Å². The molecule has 61 heavy (non-hydrogen) atoms. The number of benzene rings is 5. The third-order valence-electron chi connectivity index (χ3n) is 13.4. The molecule has 0 bridgehead atoms. The molecule has 0 saturated carbocycles. The van der Waals surface area contributed by atoms with Gasteiger partial charge in [0.25, 0.3) is 0 Å². The van der Waals surface area contributed by atoms with Gasteiger partial charge in [0.05, 0.1) is 11.1 Å². The number of hydrogen-bond donors (Lipinski definition) is 0. The molecule has 5 aromatic carbocycles. The molecule has 300 valence electrons. The maximum atomic E-state index is 4.79. The molecule has 1 nitrogen and oxygen atoms in total. The van der Waals surface area contributed by atoms with Gasteiger partial charge in [-0.05, 0) is 129 Å². The first kappa shape index (κ1) is 39.7. The van der Waals surface area contributed by atoms with Crippen molar-refractivity contribution in [3.8, 4) is 11.1 Å². The number of nitrogens with zero attached hydrogens (tertiary/aromatic N) is 1. The Bertz CT molecular complexity index is 2790. The average Bonchev–Trinajstić information content (AvgIpc) is 3.77. The first-order valence-electron chi connectivity index (χ1n) is 21.9. The average molecular weight is 790 g/mol. The van der Waals surface area contributed by atoms with Gasteiger partial charge < -0.3 is 4.90 Å². The van der Waals surface area contributed by atoms with Gasteiger partial charge in [0.2, 0.25) is 0 Å². The maximum absolute atomic E-state index is 4.79. The van der Waals surface area contributed by atoms with Crippen LogP contribution in [0.4, 0.5) is 5.69 Å². The predicted octanol–water partition coefficient (Wildman–Crippen LogP) is 15.7. The molecule has 0 fully saturated rings. The van der Waals surface area contributed by atoms with Crippen molar-refractivity contribution in [2.45, 2.75) is 63.2 Å². The maximum Gasteiger partial charge on any atom is 0.0643 e. The molecule has 4 aliphatic carbocycles. The molecule has 1 atom stereocenters. The molecule has 0 aromatic heterocycles. The minimum absolute atomic E-state index is 0.185. The van der Waals surface area contributed by atoms with E-state index in [0.717, 1.165) is 61.0 Å². The molecule has 4 aliphatic rings. The molecule has 1 heteroatoms. The van der Waals surface area contributed by atoms with Crippen LogP contribution in [0.3, 0.4) is 0 Å². The van der Waals surface area contributed by atoms with E-state index in [4.69, 9.17) is 6.58 Å². The van der Waals surface area contributed by atoms with Gasteiger partial charge in [0.15, 0.2) is 0 Å². The van der Waals surface area contributed by atoms with E-state index in [1.807, 2.05) is 12.2 Å². The van der Waals surface area contributed by atoms with Crippen LogP contribution in [0.5, 0.6) is 0 Å². The van der Waals surface area contributed by atoms with Gasteiger partial charge in [-0.2, -0.15) is 0 Å². The van der Waals surface area contributed by atoms with Crippen LogP contribution < -0.4 is 4.90 Å². The largest absolute Gasteiger partial charge is 0.318 e. The molecule has 0 aliphatic heterocycles. The molecule has 0 N–H and O–H groups in total. The molecule has 0 heterocycles. The van der Waals surface area contributed by atoms with E-state index in [2.05, 4.69) is 202 Å². The molecule has 0 amide bonds. The normalized spacial score (nSPS) is 18.1. The van der Waals surface area contributed by atoms with E-state index in [1.165, 1.54) is 72.4 Å². The molecule has 9 rings (SSSR count). The summed E-state index contributed by atoms with van der Waals surface area (Å²) in [5.74, 6) is 0. The zero-order valence-corrected chi connectivity index (χ0v) is 35.8. The summed E-state index contributed by atoms with van der Waals surface area (Å²) in [7, 11) is 0. The van der Waals surface area contributed by atoms with Crippen molar-refractivity contribution in [1.29, 1.82) is 0 Å². The third kappa shape index (κ3) is 6.93. The van der Waals surface area contributed by atoms with E-state index in [0.29, 0.717) is 0 Å². The minimum Gasteiger partial charge on any atom is -0.318 e. The van der Waals surface area contributed by atoms with E-state index in [9.17, 15) is 0 Å². The van der Waals surface area contributed by atoms with Crippen molar-refractivity contribution < 1.29 is 0 Å². The highest BCUT2D eigenvalue weighted by Crippen LogP contribution is 2.54. The number of aryl methyl sites for hydroxylation is 1. The number of anilines is 1. The van der Waals surface area contributed by atoms with E-state index in [1.54, 1.807) is 0 Å². The Morgan fingerprint density at radius 1 is 0.754 bits per heavy atom. The van der Waals surface area contributed by atoms with Gasteiger partial charge >= 0.3 is 0 Å². The summed E-state index contributed by atoms with van der Waals surface area (Å²) in [5, 5.41) is 0. The fourth-order valence-corrected chi connectivity index (χ4v) is 10.4. The fraction of sp³-hybridized carbons (Fsp3) is 0.167. The molecular formula is C60H55N. The molecule has 1 unspecified atom stereocenters. The Balaban J connectivity index is 1.06. The van der Waals surface area contributed by atoms with Crippen molar-refractivity contribution in [3.63, 3.8) is 0 Å².